The number of benzene rings is 2. The maximum atomic E-state index is 11.8. The van der Waals surface area contributed by atoms with Gasteiger partial charge in [-0.15, -0.1) is 11.3 Å². The highest BCUT2D eigenvalue weighted by molar-refractivity contribution is 8.01. The first-order valence-corrected chi connectivity index (χ1v) is 9.18. The molecule has 24 heavy (non-hydrogen) atoms. The molecule has 4 nitrogen and oxygen atoms in total. The molecule has 0 unspecified atom stereocenters. The Morgan fingerprint density at radius 2 is 2.00 bits per heavy atom. The summed E-state index contributed by atoms with van der Waals surface area (Å²) in [5, 5.41) is 9.01. The Morgan fingerprint density at radius 1 is 1.21 bits per heavy atom. The number of hydrogen-bond donors (Lipinski definition) is 0. The van der Waals surface area contributed by atoms with Crippen LogP contribution in [0.5, 0.6) is 0 Å². The monoisotopic (exact) mass is 354 g/mol. The van der Waals surface area contributed by atoms with Crippen LogP contribution in [-0.2, 0) is 16.1 Å². The fourth-order valence-corrected chi connectivity index (χ4v) is 4.18. The van der Waals surface area contributed by atoms with E-state index in [0.29, 0.717) is 17.7 Å². The van der Waals surface area contributed by atoms with Crippen LogP contribution in [0, 0.1) is 11.3 Å². The van der Waals surface area contributed by atoms with Gasteiger partial charge in [-0.05, 0) is 18.2 Å². The zero-order chi connectivity index (χ0) is 16.8. The molecule has 0 atom stereocenters. The first-order chi connectivity index (χ1) is 11.8. The van der Waals surface area contributed by atoms with Gasteiger partial charge in [0.15, 0.2) is 4.34 Å². The molecule has 3 rings (SSSR count). The molecule has 3 aromatic rings. The first kappa shape index (κ1) is 16.5. The zero-order valence-electron chi connectivity index (χ0n) is 12.8. The molecule has 2 aromatic carbocycles. The summed E-state index contributed by atoms with van der Waals surface area (Å²) in [5.41, 5.74) is 2.25. The van der Waals surface area contributed by atoms with Crippen molar-refractivity contribution in [3.63, 3.8) is 0 Å². The minimum atomic E-state index is -0.267. The molecule has 120 valence electrons. The summed E-state index contributed by atoms with van der Waals surface area (Å²) in [7, 11) is 0. The molecule has 0 aliphatic rings. The Labute approximate surface area is 148 Å². The minimum absolute atomic E-state index is 0.133. The first-order valence-electron chi connectivity index (χ1n) is 7.38. The molecule has 0 aliphatic carbocycles. The van der Waals surface area contributed by atoms with E-state index >= 15 is 0 Å². The third kappa shape index (κ3) is 4.13. The molecule has 0 bridgehead atoms. The number of fused-ring (bicyclic) bond motifs is 1. The van der Waals surface area contributed by atoms with E-state index in [0.717, 1.165) is 20.1 Å². The van der Waals surface area contributed by atoms with Crippen molar-refractivity contribution >= 4 is 39.3 Å². The fourth-order valence-electron chi connectivity index (χ4n) is 2.12. The van der Waals surface area contributed by atoms with Crippen molar-refractivity contribution in [3.8, 4) is 6.07 Å². The lowest BCUT2D eigenvalue weighted by atomic mass is 10.1. The summed E-state index contributed by atoms with van der Waals surface area (Å²) < 4.78 is 7.35. The normalized spacial score (nSPS) is 10.5. The number of hydrogen-bond acceptors (Lipinski definition) is 6. The zero-order valence-corrected chi connectivity index (χ0v) is 14.4. The number of carbonyl (C=O) groups is 1. The molecular formula is C18H14N2O2S2. The van der Waals surface area contributed by atoms with Crippen molar-refractivity contribution in [3.05, 3.63) is 59.7 Å². The van der Waals surface area contributed by atoms with Gasteiger partial charge in [0.1, 0.15) is 6.61 Å². The van der Waals surface area contributed by atoms with E-state index in [9.17, 15) is 4.79 Å². The van der Waals surface area contributed by atoms with E-state index in [1.165, 1.54) is 0 Å². The standard InChI is InChI=1S/C18H14N2O2S2/c19-11-13-5-1-2-6-14(13)12-22-17(21)9-10-23-18-20-15-7-3-4-8-16(15)24-18/h1-8H,9-10,12H2. The lowest BCUT2D eigenvalue weighted by molar-refractivity contribution is -0.144. The SMILES string of the molecule is N#Cc1ccccc1COC(=O)CCSc1nc2ccccc2s1. The van der Waals surface area contributed by atoms with E-state index in [2.05, 4.69) is 11.1 Å². The number of thiazole rings is 1. The van der Waals surface area contributed by atoms with Crippen molar-refractivity contribution in [2.45, 2.75) is 17.4 Å². The van der Waals surface area contributed by atoms with E-state index in [1.807, 2.05) is 30.3 Å². The van der Waals surface area contributed by atoms with Crippen molar-refractivity contribution in [2.75, 3.05) is 5.75 Å². The highest BCUT2D eigenvalue weighted by Gasteiger charge is 2.08. The van der Waals surface area contributed by atoms with E-state index in [-0.39, 0.29) is 12.6 Å². The maximum absolute atomic E-state index is 11.8. The van der Waals surface area contributed by atoms with Gasteiger partial charge in [0.2, 0.25) is 0 Å². The largest absolute Gasteiger partial charge is 0.461 e. The van der Waals surface area contributed by atoms with Gasteiger partial charge >= 0.3 is 5.97 Å². The summed E-state index contributed by atoms with van der Waals surface area (Å²) in [6, 6.07) is 17.2. The Bertz CT molecular complexity index is 866. The van der Waals surface area contributed by atoms with Crippen LogP contribution in [0.1, 0.15) is 17.5 Å². The van der Waals surface area contributed by atoms with Crippen LogP contribution in [0.25, 0.3) is 10.2 Å². The number of rotatable bonds is 6. The fraction of sp³-hybridized carbons (Fsp3) is 0.167. The molecule has 0 amide bonds. The van der Waals surface area contributed by atoms with Gasteiger partial charge in [-0.3, -0.25) is 4.79 Å². The number of aromatic nitrogens is 1. The van der Waals surface area contributed by atoms with Crippen LogP contribution in [0.15, 0.2) is 52.9 Å². The molecular weight excluding hydrogens is 340 g/mol. The van der Waals surface area contributed by atoms with Gasteiger partial charge in [-0.25, -0.2) is 4.98 Å². The van der Waals surface area contributed by atoms with Crippen LogP contribution in [0.3, 0.4) is 0 Å². The number of para-hydroxylation sites is 1. The van der Waals surface area contributed by atoms with Crippen LogP contribution in [-0.4, -0.2) is 16.7 Å². The molecule has 0 aliphatic heterocycles. The molecule has 6 heteroatoms. The van der Waals surface area contributed by atoms with Crippen molar-refractivity contribution in [2.24, 2.45) is 0 Å². The number of nitrogens with zero attached hydrogens (tertiary/aromatic N) is 2. The maximum Gasteiger partial charge on any atom is 0.306 e. The highest BCUT2D eigenvalue weighted by Crippen LogP contribution is 2.29. The molecule has 1 heterocycles. The van der Waals surface area contributed by atoms with Crippen molar-refractivity contribution < 1.29 is 9.53 Å². The van der Waals surface area contributed by atoms with Crippen molar-refractivity contribution in [1.29, 1.82) is 5.26 Å². The molecule has 0 fully saturated rings. The van der Waals surface area contributed by atoms with E-state index in [1.54, 1.807) is 41.3 Å². The summed E-state index contributed by atoms with van der Waals surface area (Å²) in [6.07, 6.45) is 0.315. The Morgan fingerprint density at radius 3 is 2.83 bits per heavy atom. The summed E-state index contributed by atoms with van der Waals surface area (Å²) >= 11 is 3.19. The summed E-state index contributed by atoms with van der Waals surface area (Å²) in [6.45, 7) is 0.133. The lowest BCUT2D eigenvalue weighted by Gasteiger charge is -2.05. The molecule has 0 radical (unpaired) electrons. The Balaban J connectivity index is 1.46. The number of nitriles is 1. The van der Waals surface area contributed by atoms with Crippen LogP contribution in [0.4, 0.5) is 0 Å². The lowest BCUT2D eigenvalue weighted by Crippen LogP contribution is -2.06. The second-order valence-electron chi connectivity index (χ2n) is 4.98. The smallest absolute Gasteiger partial charge is 0.306 e. The molecule has 0 spiro atoms. The number of thioether (sulfide) groups is 1. The van der Waals surface area contributed by atoms with Gasteiger partial charge < -0.3 is 4.74 Å². The van der Waals surface area contributed by atoms with Gasteiger partial charge in [-0.1, -0.05) is 42.1 Å². The number of esters is 1. The average Bonchev–Trinajstić information content (AvgIpc) is 3.03. The summed E-state index contributed by atoms with van der Waals surface area (Å²) in [5.74, 6) is 0.356. The van der Waals surface area contributed by atoms with E-state index in [4.69, 9.17) is 10.00 Å². The third-order valence-corrected chi connectivity index (χ3v) is 5.51. The topological polar surface area (TPSA) is 63.0 Å². The van der Waals surface area contributed by atoms with Crippen molar-refractivity contribution in [1.82, 2.24) is 4.98 Å². The minimum Gasteiger partial charge on any atom is -0.461 e. The van der Waals surface area contributed by atoms with Gasteiger partial charge in [0.25, 0.3) is 0 Å². The van der Waals surface area contributed by atoms with Gasteiger partial charge in [0.05, 0.1) is 28.3 Å². The predicted octanol–water partition coefficient (Wildman–Crippen LogP) is 4.39. The Hall–Kier alpha value is -2.36. The van der Waals surface area contributed by atoms with Crippen LogP contribution < -0.4 is 0 Å². The van der Waals surface area contributed by atoms with Gasteiger partial charge in [-0.2, -0.15) is 5.26 Å². The Kier molecular flexibility index (Phi) is 5.47. The number of ether oxygens (including phenoxy) is 1. The third-order valence-electron chi connectivity index (χ3n) is 3.33. The number of carbonyl (C=O) groups excluding carboxylic acids is 1. The van der Waals surface area contributed by atoms with Crippen LogP contribution >= 0.6 is 23.1 Å². The second kappa shape index (κ2) is 7.95. The molecule has 0 saturated heterocycles. The molecule has 0 N–H and O–H groups in total. The van der Waals surface area contributed by atoms with Crippen LogP contribution in [0.2, 0.25) is 0 Å². The highest BCUT2D eigenvalue weighted by atomic mass is 32.2. The quantitative estimate of drug-likeness (QED) is 0.485. The second-order valence-corrected chi connectivity index (χ2v) is 7.35. The molecule has 1 aromatic heterocycles. The van der Waals surface area contributed by atoms with Gasteiger partial charge in [0, 0.05) is 11.3 Å². The summed E-state index contributed by atoms with van der Waals surface area (Å²) in [4.78, 5) is 16.4. The predicted molar refractivity (Wildman–Crippen MR) is 95.9 cm³/mol. The molecule has 0 saturated carbocycles. The van der Waals surface area contributed by atoms with E-state index < -0.39 is 0 Å². The average molecular weight is 354 g/mol.